The third kappa shape index (κ3) is 2.75. The van der Waals surface area contributed by atoms with Crippen molar-refractivity contribution in [3.63, 3.8) is 0 Å². The average Bonchev–Trinajstić information content (AvgIpc) is 2.44. The molecule has 3 rings (SSSR count). The Morgan fingerprint density at radius 2 is 1.45 bits per heavy atom. The summed E-state index contributed by atoms with van der Waals surface area (Å²) in [5.74, 6) is 0.718. The van der Waals surface area contributed by atoms with Gasteiger partial charge in [-0.1, -0.05) is 62.4 Å². The first-order chi connectivity index (χ1) is 9.72. The van der Waals surface area contributed by atoms with Gasteiger partial charge in [0.2, 0.25) is 0 Å². The SMILES string of the molecule is CC(C)CC=Cc1ccc2cc3ccccc3cc2c1. The molecule has 0 atom stereocenters. The fraction of sp³-hybridized carbons (Fsp3) is 0.200. The molecule has 0 heterocycles. The first-order valence-electron chi connectivity index (χ1n) is 7.31. The highest BCUT2D eigenvalue weighted by Crippen LogP contribution is 2.24. The van der Waals surface area contributed by atoms with Gasteiger partial charge in [0, 0.05) is 0 Å². The molecule has 0 nitrogen and oxygen atoms in total. The van der Waals surface area contributed by atoms with Gasteiger partial charge in [0.15, 0.2) is 0 Å². The normalized spacial score (nSPS) is 11.9. The molecule has 0 fully saturated rings. The Hall–Kier alpha value is -2.08. The van der Waals surface area contributed by atoms with Crippen molar-refractivity contribution in [2.24, 2.45) is 5.92 Å². The first kappa shape index (κ1) is 12.9. The van der Waals surface area contributed by atoms with Gasteiger partial charge in [-0.15, -0.1) is 0 Å². The van der Waals surface area contributed by atoms with Gasteiger partial charge in [-0.25, -0.2) is 0 Å². The third-order valence-electron chi connectivity index (χ3n) is 3.65. The van der Waals surface area contributed by atoms with E-state index in [1.54, 1.807) is 0 Å². The molecular formula is C20H20. The molecule has 0 unspecified atom stereocenters. The summed E-state index contributed by atoms with van der Waals surface area (Å²) >= 11 is 0. The minimum atomic E-state index is 0.718. The van der Waals surface area contributed by atoms with Crippen LogP contribution in [0.25, 0.3) is 27.6 Å². The van der Waals surface area contributed by atoms with Crippen LogP contribution in [-0.4, -0.2) is 0 Å². The molecule has 0 aliphatic heterocycles. The maximum Gasteiger partial charge on any atom is -0.0172 e. The molecule has 0 bridgehead atoms. The van der Waals surface area contributed by atoms with Crippen molar-refractivity contribution in [3.05, 3.63) is 66.2 Å². The van der Waals surface area contributed by atoms with Crippen molar-refractivity contribution in [3.8, 4) is 0 Å². The number of allylic oxidation sites excluding steroid dienone is 1. The molecule has 0 radical (unpaired) electrons. The quantitative estimate of drug-likeness (QED) is 0.503. The van der Waals surface area contributed by atoms with E-state index in [2.05, 4.69) is 80.6 Å². The fourth-order valence-corrected chi connectivity index (χ4v) is 2.54. The van der Waals surface area contributed by atoms with Crippen LogP contribution in [0.5, 0.6) is 0 Å². The van der Waals surface area contributed by atoms with E-state index in [1.807, 2.05) is 0 Å². The predicted molar refractivity (Wildman–Crippen MR) is 89.9 cm³/mol. The van der Waals surface area contributed by atoms with Gasteiger partial charge in [0.05, 0.1) is 0 Å². The summed E-state index contributed by atoms with van der Waals surface area (Å²) in [5.41, 5.74) is 1.29. The van der Waals surface area contributed by atoms with Crippen molar-refractivity contribution >= 4 is 27.6 Å². The maximum atomic E-state index is 2.28. The van der Waals surface area contributed by atoms with Gasteiger partial charge in [-0.3, -0.25) is 0 Å². The molecule has 0 aromatic heterocycles. The van der Waals surface area contributed by atoms with Crippen LogP contribution in [0.2, 0.25) is 0 Å². The number of rotatable bonds is 3. The summed E-state index contributed by atoms with van der Waals surface area (Å²) in [6.07, 6.45) is 5.64. The third-order valence-corrected chi connectivity index (χ3v) is 3.65. The van der Waals surface area contributed by atoms with Crippen molar-refractivity contribution in [2.45, 2.75) is 20.3 Å². The Morgan fingerprint density at radius 3 is 2.15 bits per heavy atom. The molecule has 100 valence electrons. The monoisotopic (exact) mass is 260 g/mol. The molecule has 0 saturated carbocycles. The van der Waals surface area contributed by atoms with E-state index >= 15 is 0 Å². The molecule has 0 spiro atoms. The van der Waals surface area contributed by atoms with E-state index in [9.17, 15) is 0 Å². The largest absolute Gasteiger partial charge is 0.0837 e. The van der Waals surface area contributed by atoms with Gasteiger partial charge in [-0.05, 0) is 57.6 Å². The van der Waals surface area contributed by atoms with Gasteiger partial charge >= 0.3 is 0 Å². The first-order valence-corrected chi connectivity index (χ1v) is 7.31. The summed E-state index contributed by atoms with van der Waals surface area (Å²) in [6.45, 7) is 4.49. The topological polar surface area (TPSA) is 0 Å². The number of hydrogen-bond acceptors (Lipinski definition) is 0. The minimum absolute atomic E-state index is 0.718. The van der Waals surface area contributed by atoms with Crippen LogP contribution in [0, 0.1) is 5.92 Å². The Labute approximate surface area is 120 Å². The average molecular weight is 260 g/mol. The summed E-state index contributed by atoms with van der Waals surface area (Å²) < 4.78 is 0. The molecular weight excluding hydrogens is 240 g/mol. The lowest BCUT2D eigenvalue weighted by Gasteiger charge is -2.04. The lowest BCUT2D eigenvalue weighted by Crippen LogP contribution is -1.82. The second kappa shape index (κ2) is 5.50. The van der Waals surface area contributed by atoms with Crippen LogP contribution in [0.4, 0.5) is 0 Å². The van der Waals surface area contributed by atoms with E-state index < -0.39 is 0 Å². The highest BCUT2D eigenvalue weighted by molar-refractivity contribution is 5.98. The Morgan fingerprint density at radius 1 is 0.800 bits per heavy atom. The summed E-state index contributed by atoms with van der Waals surface area (Å²) in [7, 11) is 0. The molecule has 20 heavy (non-hydrogen) atoms. The molecule has 0 aliphatic carbocycles. The molecule has 3 aromatic carbocycles. The standard InChI is InChI=1S/C20H20/c1-15(2)6-5-7-16-10-11-19-13-17-8-3-4-9-18(17)14-20(19)12-16/h3-5,7-15H,6H2,1-2H3. The van der Waals surface area contributed by atoms with E-state index in [0.29, 0.717) is 0 Å². The van der Waals surface area contributed by atoms with Gasteiger partial charge < -0.3 is 0 Å². The second-order valence-electron chi connectivity index (χ2n) is 5.84. The Bertz CT molecular complexity index is 763. The maximum absolute atomic E-state index is 2.28. The molecule has 0 amide bonds. The van der Waals surface area contributed by atoms with Crippen LogP contribution < -0.4 is 0 Å². The highest BCUT2D eigenvalue weighted by Gasteiger charge is 1.98. The summed E-state index contributed by atoms with van der Waals surface area (Å²) in [4.78, 5) is 0. The molecule has 0 N–H and O–H groups in total. The van der Waals surface area contributed by atoms with Crippen LogP contribution >= 0.6 is 0 Å². The Kier molecular flexibility index (Phi) is 3.56. The van der Waals surface area contributed by atoms with Crippen molar-refractivity contribution in [1.82, 2.24) is 0 Å². The number of benzene rings is 3. The van der Waals surface area contributed by atoms with Crippen molar-refractivity contribution in [2.75, 3.05) is 0 Å². The van der Waals surface area contributed by atoms with Crippen LogP contribution in [0.1, 0.15) is 25.8 Å². The van der Waals surface area contributed by atoms with Crippen molar-refractivity contribution < 1.29 is 0 Å². The van der Waals surface area contributed by atoms with E-state index in [0.717, 1.165) is 12.3 Å². The lowest BCUT2D eigenvalue weighted by molar-refractivity contribution is 0.665. The van der Waals surface area contributed by atoms with Crippen molar-refractivity contribution in [1.29, 1.82) is 0 Å². The summed E-state index contributed by atoms with van der Waals surface area (Å²) in [5, 5.41) is 5.24. The number of fused-ring (bicyclic) bond motifs is 2. The lowest BCUT2D eigenvalue weighted by atomic mass is 10.0. The number of hydrogen-bond donors (Lipinski definition) is 0. The molecule has 0 heteroatoms. The Balaban J connectivity index is 2.01. The van der Waals surface area contributed by atoms with Gasteiger partial charge in [-0.2, -0.15) is 0 Å². The van der Waals surface area contributed by atoms with E-state index in [1.165, 1.54) is 27.1 Å². The molecule has 3 aromatic rings. The zero-order valence-corrected chi connectivity index (χ0v) is 12.1. The minimum Gasteiger partial charge on any atom is -0.0837 e. The van der Waals surface area contributed by atoms with Gasteiger partial charge in [0.25, 0.3) is 0 Å². The summed E-state index contributed by atoms with van der Waals surface area (Å²) in [6, 6.07) is 19.8. The fourth-order valence-electron chi connectivity index (χ4n) is 2.54. The van der Waals surface area contributed by atoms with Gasteiger partial charge in [0.1, 0.15) is 0 Å². The highest BCUT2D eigenvalue weighted by atomic mass is 14.0. The predicted octanol–water partition coefficient (Wildman–Crippen LogP) is 6.05. The van der Waals surface area contributed by atoms with Crippen LogP contribution in [0.15, 0.2) is 60.7 Å². The van der Waals surface area contributed by atoms with E-state index in [-0.39, 0.29) is 0 Å². The smallest absolute Gasteiger partial charge is 0.0172 e. The molecule has 0 saturated heterocycles. The second-order valence-corrected chi connectivity index (χ2v) is 5.84. The zero-order chi connectivity index (χ0) is 13.9. The molecule has 0 aliphatic rings. The van der Waals surface area contributed by atoms with E-state index in [4.69, 9.17) is 0 Å². The zero-order valence-electron chi connectivity index (χ0n) is 12.1. The van der Waals surface area contributed by atoms with Crippen LogP contribution in [-0.2, 0) is 0 Å². The van der Waals surface area contributed by atoms with Crippen LogP contribution in [0.3, 0.4) is 0 Å².